The zero-order chi connectivity index (χ0) is 28.4. The van der Waals surface area contributed by atoms with Crippen LogP contribution in [0.15, 0.2) is 77.2 Å². The van der Waals surface area contributed by atoms with E-state index >= 15 is 0 Å². The minimum atomic E-state index is -4.55. The maximum atomic E-state index is 13.4. The number of amides is 2. The van der Waals surface area contributed by atoms with Gasteiger partial charge in [-0.1, -0.05) is 51.1 Å². The van der Waals surface area contributed by atoms with E-state index in [0.29, 0.717) is 16.8 Å². The van der Waals surface area contributed by atoms with Crippen LogP contribution in [0.3, 0.4) is 0 Å². The number of anilines is 1. The van der Waals surface area contributed by atoms with Crippen molar-refractivity contribution >= 4 is 17.5 Å². The summed E-state index contributed by atoms with van der Waals surface area (Å²) in [5, 5.41) is 5.22. The van der Waals surface area contributed by atoms with Crippen LogP contribution in [0.2, 0.25) is 0 Å². The summed E-state index contributed by atoms with van der Waals surface area (Å²) in [6, 6.07) is 19.3. The fraction of sp³-hybridized carbons (Fsp3) is 0.233. The number of hydrogen-bond acceptors (Lipinski definition) is 4. The van der Waals surface area contributed by atoms with Crippen molar-refractivity contribution in [3.8, 4) is 22.8 Å². The molecule has 0 radical (unpaired) electrons. The minimum Gasteiger partial charge on any atom is -0.435 e. The number of rotatable bonds is 6. The molecule has 4 rings (SSSR count). The number of aromatic nitrogens is 1. The lowest BCUT2D eigenvalue weighted by atomic mass is 9.87. The second-order valence-electron chi connectivity index (χ2n) is 10.1. The number of alkyl halides is 3. The Labute approximate surface area is 224 Å². The van der Waals surface area contributed by atoms with Gasteiger partial charge in [-0.05, 0) is 59.0 Å². The Hall–Kier alpha value is -4.40. The Balaban J connectivity index is 1.69. The zero-order valence-corrected chi connectivity index (χ0v) is 21.9. The van der Waals surface area contributed by atoms with E-state index in [1.165, 1.54) is 25.1 Å². The van der Waals surface area contributed by atoms with E-state index in [0.717, 1.165) is 11.6 Å². The zero-order valence-electron chi connectivity index (χ0n) is 21.9. The molecule has 0 atom stereocenters. The molecule has 0 fully saturated rings. The van der Waals surface area contributed by atoms with Gasteiger partial charge in [-0.25, -0.2) is 4.98 Å². The average molecular weight is 536 g/mol. The monoisotopic (exact) mass is 535 g/mol. The molecule has 9 heteroatoms. The van der Waals surface area contributed by atoms with Crippen LogP contribution in [0.5, 0.6) is 0 Å². The molecule has 0 saturated carbocycles. The average Bonchev–Trinajstić information content (AvgIpc) is 3.32. The van der Waals surface area contributed by atoms with Gasteiger partial charge in [0, 0.05) is 30.3 Å². The molecule has 6 nitrogen and oxygen atoms in total. The SMILES string of the molecule is CC(=O)Nc1ccc(-c2oc(-c3ccc(C(C)(C)C)cc3)nc2C(=O)NCc2ccccc2C(F)(F)F)cc1. The van der Waals surface area contributed by atoms with Crippen LogP contribution < -0.4 is 10.6 Å². The van der Waals surface area contributed by atoms with Crippen LogP contribution in [-0.2, 0) is 22.9 Å². The van der Waals surface area contributed by atoms with Gasteiger partial charge in [-0.3, -0.25) is 9.59 Å². The van der Waals surface area contributed by atoms with E-state index in [-0.39, 0.29) is 40.8 Å². The minimum absolute atomic E-state index is 0.0618. The van der Waals surface area contributed by atoms with Crippen molar-refractivity contribution in [1.29, 1.82) is 0 Å². The highest BCUT2D eigenvalue weighted by Crippen LogP contribution is 2.34. The Morgan fingerprint density at radius 3 is 2.08 bits per heavy atom. The number of hydrogen-bond donors (Lipinski definition) is 2. The highest BCUT2D eigenvalue weighted by Gasteiger charge is 2.33. The smallest absolute Gasteiger partial charge is 0.416 e. The molecule has 0 saturated heterocycles. The van der Waals surface area contributed by atoms with Crippen molar-refractivity contribution in [2.75, 3.05) is 5.32 Å². The maximum Gasteiger partial charge on any atom is 0.416 e. The van der Waals surface area contributed by atoms with Gasteiger partial charge in [-0.15, -0.1) is 0 Å². The molecule has 2 amide bonds. The first-order chi connectivity index (χ1) is 18.3. The first-order valence-electron chi connectivity index (χ1n) is 12.3. The van der Waals surface area contributed by atoms with Gasteiger partial charge >= 0.3 is 6.18 Å². The molecule has 0 aliphatic heterocycles. The molecule has 0 aliphatic rings. The number of carbonyl (C=O) groups is 2. The lowest BCUT2D eigenvalue weighted by molar-refractivity contribution is -0.138. The van der Waals surface area contributed by atoms with Gasteiger partial charge in [0.05, 0.1) is 5.56 Å². The fourth-order valence-electron chi connectivity index (χ4n) is 4.02. The molecular formula is C30H28F3N3O3. The van der Waals surface area contributed by atoms with Gasteiger partial charge in [0.2, 0.25) is 11.8 Å². The van der Waals surface area contributed by atoms with Crippen molar-refractivity contribution < 1.29 is 27.2 Å². The van der Waals surface area contributed by atoms with Crippen molar-refractivity contribution in [3.63, 3.8) is 0 Å². The second-order valence-corrected chi connectivity index (χ2v) is 10.1. The number of nitrogens with zero attached hydrogens (tertiary/aromatic N) is 1. The number of nitrogens with one attached hydrogen (secondary N) is 2. The highest BCUT2D eigenvalue weighted by atomic mass is 19.4. The molecule has 0 unspecified atom stereocenters. The standard InChI is InChI=1S/C30H28F3N3O3/c1-18(37)35-23-15-11-19(12-16-23)26-25(27(38)34-17-21-7-5-6-8-24(21)30(31,32)33)36-28(39-26)20-9-13-22(14-10-20)29(2,3)4/h5-16H,17H2,1-4H3,(H,34,38)(H,35,37). The Bertz CT molecular complexity index is 1480. The normalized spacial score (nSPS) is 11.8. The third-order valence-corrected chi connectivity index (χ3v) is 6.07. The molecule has 4 aromatic rings. The van der Waals surface area contributed by atoms with E-state index in [2.05, 4.69) is 36.4 Å². The van der Waals surface area contributed by atoms with E-state index in [9.17, 15) is 22.8 Å². The lowest BCUT2D eigenvalue weighted by Crippen LogP contribution is -2.25. The molecule has 2 N–H and O–H groups in total. The molecule has 0 spiro atoms. The van der Waals surface area contributed by atoms with Gasteiger partial charge in [0.25, 0.3) is 5.91 Å². The maximum absolute atomic E-state index is 13.4. The molecule has 1 heterocycles. The topological polar surface area (TPSA) is 84.2 Å². The summed E-state index contributed by atoms with van der Waals surface area (Å²) in [5.74, 6) is -0.574. The van der Waals surface area contributed by atoms with Crippen LogP contribution in [0.25, 0.3) is 22.8 Å². The summed E-state index contributed by atoms with van der Waals surface area (Å²) >= 11 is 0. The predicted octanol–water partition coefficient (Wildman–Crippen LogP) is 7.21. The Morgan fingerprint density at radius 2 is 1.49 bits per heavy atom. The molecule has 3 aromatic carbocycles. The van der Waals surface area contributed by atoms with Crippen molar-refractivity contribution in [2.45, 2.75) is 45.8 Å². The third kappa shape index (κ3) is 6.54. The summed E-state index contributed by atoms with van der Waals surface area (Å²) < 4.78 is 46.3. The number of carbonyl (C=O) groups excluding carboxylic acids is 2. The number of halogens is 3. The second kappa shape index (κ2) is 10.8. The quantitative estimate of drug-likeness (QED) is 0.273. The summed E-state index contributed by atoms with van der Waals surface area (Å²) in [5.41, 5.74) is 1.79. The van der Waals surface area contributed by atoms with E-state index in [1.807, 2.05) is 24.3 Å². The van der Waals surface area contributed by atoms with Crippen molar-refractivity contribution in [2.24, 2.45) is 0 Å². The Morgan fingerprint density at radius 1 is 0.872 bits per heavy atom. The molecule has 1 aromatic heterocycles. The lowest BCUT2D eigenvalue weighted by Gasteiger charge is -2.18. The van der Waals surface area contributed by atoms with Crippen molar-refractivity contribution in [3.05, 3.63) is 95.2 Å². The van der Waals surface area contributed by atoms with E-state index in [1.54, 1.807) is 24.3 Å². The first-order valence-corrected chi connectivity index (χ1v) is 12.3. The highest BCUT2D eigenvalue weighted by molar-refractivity contribution is 5.98. The van der Waals surface area contributed by atoms with Crippen LogP contribution >= 0.6 is 0 Å². The largest absolute Gasteiger partial charge is 0.435 e. The third-order valence-electron chi connectivity index (χ3n) is 6.07. The molecule has 0 aliphatic carbocycles. The summed E-state index contributed by atoms with van der Waals surface area (Å²) in [7, 11) is 0. The first kappa shape index (κ1) is 27.6. The molecule has 0 bridgehead atoms. The van der Waals surface area contributed by atoms with Crippen LogP contribution in [0.1, 0.15) is 54.9 Å². The Kier molecular flexibility index (Phi) is 7.63. The van der Waals surface area contributed by atoms with E-state index < -0.39 is 17.6 Å². The van der Waals surface area contributed by atoms with Crippen LogP contribution in [-0.4, -0.2) is 16.8 Å². The van der Waals surface area contributed by atoms with Gasteiger partial charge in [0.15, 0.2) is 11.5 Å². The van der Waals surface area contributed by atoms with Gasteiger partial charge in [-0.2, -0.15) is 13.2 Å². The van der Waals surface area contributed by atoms with Gasteiger partial charge in [0.1, 0.15) is 0 Å². The number of oxazole rings is 1. The fourth-order valence-corrected chi connectivity index (χ4v) is 4.02. The summed E-state index contributed by atoms with van der Waals surface area (Å²) in [4.78, 5) is 29.0. The van der Waals surface area contributed by atoms with Crippen LogP contribution in [0.4, 0.5) is 18.9 Å². The van der Waals surface area contributed by atoms with Crippen molar-refractivity contribution in [1.82, 2.24) is 10.3 Å². The van der Waals surface area contributed by atoms with Gasteiger partial charge < -0.3 is 15.1 Å². The molecule has 202 valence electrons. The number of benzene rings is 3. The van der Waals surface area contributed by atoms with Crippen LogP contribution in [0, 0.1) is 0 Å². The summed E-state index contributed by atoms with van der Waals surface area (Å²) in [6.45, 7) is 7.32. The summed E-state index contributed by atoms with van der Waals surface area (Å²) in [6.07, 6.45) is -4.55. The molecule has 39 heavy (non-hydrogen) atoms. The predicted molar refractivity (Wildman–Crippen MR) is 143 cm³/mol. The van der Waals surface area contributed by atoms with E-state index in [4.69, 9.17) is 4.42 Å². The molecular weight excluding hydrogens is 507 g/mol.